The largest absolute Gasteiger partial charge is 0.491 e. The van der Waals surface area contributed by atoms with Gasteiger partial charge in [-0.1, -0.05) is 23.5 Å². The Balaban J connectivity index is 1.69. The van der Waals surface area contributed by atoms with Gasteiger partial charge in [-0.05, 0) is 94.4 Å². The zero-order valence-electron chi connectivity index (χ0n) is 17.1. The predicted molar refractivity (Wildman–Crippen MR) is 126 cm³/mol. The molecule has 0 aliphatic rings. The van der Waals surface area contributed by atoms with Crippen LogP contribution >= 0.6 is 36.2 Å². The fourth-order valence-corrected chi connectivity index (χ4v) is 5.02. The minimum absolute atomic E-state index is 0.181. The molecule has 2 nitrogen and oxygen atoms in total. The summed E-state index contributed by atoms with van der Waals surface area (Å²) in [6, 6.07) is 22.8. The summed E-state index contributed by atoms with van der Waals surface area (Å²) in [6.07, 6.45) is 0.361. The summed E-state index contributed by atoms with van der Waals surface area (Å²) in [6.45, 7) is 8.13. The number of ether oxygens (including phenoxy) is 2. The van der Waals surface area contributed by atoms with Crippen LogP contribution in [0.3, 0.4) is 0 Å². The van der Waals surface area contributed by atoms with Gasteiger partial charge in [0.15, 0.2) is 0 Å². The maximum atomic E-state index is 5.72. The average molecular weight is 443 g/mol. The van der Waals surface area contributed by atoms with Gasteiger partial charge in [-0.25, -0.2) is 0 Å². The van der Waals surface area contributed by atoms with Crippen LogP contribution in [0.25, 0.3) is 0 Å². The van der Waals surface area contributed by atoms with Gasteiger partial charge in [-0.15, -0.1) is 12.6 Å². The molecule has 3 aromatic carbocycles. The Kier molecular flexibility index (Phi) is 7.87. The molecule has 0 fully saturated rings. The molecule has 0 N–H and O–H groups in total. The highest BCUT2D eigenvalue weighted by Gasteiger charge is 2.06. The molecule has 152 valence electrons. The van der Waals surface area contributed by atoms with Gasteiger partial charge >= 0.3 is 0 Å². The van der Waals surface area contributed by atoms with Gasteiger partial charge in [-0.2, -0.15) is 0 Å². The maximum Gasteiger partial charge on any atom is 0.119 e. The van der Waals surface area contributed by atoms with Crippen molar-refractivity contribution in [3.8, 4) is 11.5 Å². The van der Waals surface area contributed by atoms with Gasteiger partial charge in [-0.3, -0.25) is 0 Å². The molecule has 0 amide bonds. The summed E-state index contributed by atoms with van der Waals surface area (Å²) in [4.78, 5) is 5.63. The number of hydrogen-bond donors (Lipinski definition) is 1. The van der Waals surface area contributed by atoms with Crippen LogP contribution in [-0.2, 0) is 0 Å². The van der Waals surface area contributed by atoms with E-state index >= 15 is 0 Å². The number of hydrogen-bond acceptors (Lipinski definition) is 5. The highest BCUT2D eigenvalue weighted by molar-refractivity contribution is 8.00. The lowest BCUT2D eigenvalue weighted by molar-refractivity contribution is 0.242. The summed E-state index contributed by atoms with van der Waals surface area (Å²) in [5, 5.41) is 0. The van der Waals surface area contributed by atoms with Gasteiger partial charge in [0.2, 0.25) is 0 Å². The van der Waals surface area contributed by atoms with E-state index in [9.17, 15) is 0 Å². The van der Waals surface area contributed by atoms with Crippen molar-refractivity contribution < 1.29 is 9.47 Å². The second-order valence-corrected chi connectivity index (χ2v) is 9.95. The molecule has 3 aromatic rings. The normalized spacial score (nSPS) is 11.1. The van der Waals surface area contributed by atoms with Gasteiger partial charge in [0.1, 0.15) is 11.5 Å². The van der Waals surface area contributed by atoms with E-state index in [0.717, 1.165) is 26.2 Å². The van der Waals surface area contributed by atoms with Crippen molar-refractivity contribution >= 4 is 36.2 Å². The van der Waals surface area contributed by atoms with E-state index in [1.165, 1.54) is 9.79 Å². The number of rotatable bonds is 8. The van der Waals surface area contributed by atoms with Gasteiger partial charge in [0.25, 0.3) is 0 Å². The van der Waals surface area contributed by atoms with E-state index in [2.05, 4.69) is 55.1 Å². The van der Waals surface area contributed by atoms with E-state index in [0.29, 0.717) is 0 Å². The number of benzene rings is 3. The van der Waals surface area contributed by atoms with Crippen LogP contribution in [0, 0.1) is 0 Å². The van der Waals surface area contributed by atoms with Gasteiger partial charge in [0, 0.05) is 24.5 Å². The quantitative estimate of drug-likeness (QED) is 0.358. The third-order valence-electron chi connectivity index (χ3n) is 3.73. The molecule has 0 heterocycles. The Morgan fingerprint density at radius 3 is 1.31 bits per heavy atom. The van der Waals surface area contributed by atoms with Crippen LogP contribution in [-0.4, -0.2) is 12.2 Å². The fourth-order valence-electron chi connectivity index (χ4n) is 2.66. The molecule has 0 radical (unpaired) electrons. The first-order valence-corrected chi connectivity index (χ1v) is 11.7. The molecule has 29 heavy (non-hydrogen) atoms. The Morgan fingerprint density at radius 1 is 0.586 bits per heavy atom. The molecule has 0 spiro atoms. The Hall–Kier alpha value is -1.69. The maximum absolute atomic E-state index is 5.72. The minimum Gasteiger partial charge on any atom is -0.491 e. The molecular formula is C24H26O2S3. The van der Waals surface area contributed by atoms with E-state index in [1.807, 2.05) is 52.0 Å². The standard InChI is InChI=1S/C24H26O2S3/c1-16(2)25-18-5-9-21(10-6-18)28-23-13-20(27)14-24(15-23)29-22-11-7-19(8-12-22)26-17(3)4/h5-17,27H,1-4H3. The minimum atomic E-state index is 0.181. The van der Waals surface area contributed by atoms with Crippen molar-refractivity contribution in [2.24, 2.45) is 0 Å². The van der Waals surface area contributed by atoms with Crippen molar-refractivity contribution in [3.05, 3.63) is 66.7 Å². The summed E-state index contributed by atoms with van der Waals surface area (Å²) < 4.78 is 11.4. The van der Waals surface area contributed by atoms with Crippen LogP contribution in [0.1, 0.15) is 27.7 Å². The van der Waals surface area contributed by atoms with Crippen molar-refractivity contribution in [3.63, 3.8) is 0 Å². The first kappa shape index (κ1) is 22.0. The first-order chi connectivity index (χ1) is 13.9. The fraction of sp³-hybridized carbons (Fsp3) is 0.250. The van der Waals surface area contributed by atoms with E-state index in [-0.39, 0.29) is 12.2 Å². The molecule has 0 aliphatic heterocycles. The lowest BCUT2D eigenvalue weighted by atomic mass is 10.3. The lowest BCUT2D eigenvalue weighted by Crippen LogP contribution is -2.04. The molecule has 0 bridgehead atoms. The predicted octanol–water partition coefficient (Wildman–Crippen LogP) is 7.85. The Morgan fingerprint density at radius 2 is 0.966 bits per heavy atom. The smallest absolute Gasteiger partial charge is 0.119 e. The average Bonchev–Trinajstić information content (AvgIpc) is 2.64. The van der Waals surface area contributed by atoms with E-state index in [1.54, 1.807) is 23.5 Å². The van der Waals surface area contributed by atoms with Crippen LogP contribution < -0.4 is 9.47 Å². The van der Waals surface area contributed by atoms with E-state index < -0.39 is 0 Å². The topological polar surface area (TPSA) is 18.5 Å². The summed E-state index contributed by atoms with van der Waals surface area (Å²) in [5.74, 6) is 1.79. The number of thiol groups is 1. The lowest BCUT2D eigenvalue weighted by Gasteiger charge is -2.11. The van der Waals surface area contributed by atoms with Crippen LogP contribution in [0.4, 0.5) is 0 Å². The Labute approximate surface area is 187 Å². The van der Waals surface area contributed by atoms with E-state index in [4.69, 9.17) is 9.47 Å². The van der Waals surface area contributed by atoms with Crippen molar-refractivity contribution in [1.29, 1.82) is 0 Å². The summed E-state index contributed by atoms with van der Waals surface area (Å²) >= 11 is 8.05. The third kappa shape index (κ3) is 7.25. The molecule has 0 atom stereocenters. The van der Waals surface area contributed by atoms with Crippen LogP contribution in [0.5, 0.6) is 11.5 Å². The highest BCUT2D eigenvalue weighted by Crippen LogP contribution is 2.36. The first-order valence-electron chi connectivity index (χ1n) is 9.60. The second-order valence-electron chi connectivity index (χ2n) is 7.14. The molecule has 0 unspecified atom stereocenters. The van der Waals surface area contributed by atoms with Crippen molar-refractivity contribution in [2.75, 3.05) is 0 Å². The zero-order chi connectivity index (χ0) is 20.8. The Bertz CT molecular complexity index is 846. The van der Waals surface area contributed by atoms with Crippen LogP contribution in [0.15, 0.2) is 91.2 Å². The van der Waals surface area contributed by atoms with Crippen molar-refractivity contribution in [1.82, 2.24) is 0 Å². The van der Waals surface area contributed by atoms with Crippen LogP contribution in [0.2, 0.25) is 0 Å². The third-order valence-corrected chi connectivity index (χ3v) is 5.94. The monoisotopic (exact) mass is 442 g/mol. The molecule has 0 saturated heterocycles. The zero-order valence-corrected chi connectivity index (χ0v) is 19.6. The molecule has 0 saturated carbocycles. The van der Waals surface area contributed by atoms with Crippen molar-refractivity contribution in [2.45, 2.75) is 64.4 Å². The molecule has 0 aliphatic carbocycles. The molecule has 3 rings (SSSR count). The second kappa shape index (κ2) is 10.4. The van der Waals surface area contributed by atoms with Gasteiger partial charge < -0.3 is 9.47 Å². The SMILES string of the molecule is CC(C)Oc1ccc(Sc2cc(S)cc(Sc3ccc(OC(C)C)cc3)c2)cc1. The summed E-state index contributed by atoms with van der Waals surface area (Å²) in [7, 11) is 0. The highest BCUT2D eigenvalue weighted by atomic mass is 32.2. The molecule has 5 heteroatoms. The molecular weight excluding hydrogens is 416 g/mol. The van der Waals surface area contributed by atoms with Gasteiger partial charge in [0.05, 0.1) is 12.2 Å². The molecule has 0 aromatic heterocycles. The summed E-state index contributed by atoms with van der Waals surface area (Å²) in [5.41, 5.74) is 0.